The second-order valence-electron chi connectivity index (χ2n) is 17.6. The van der Waals surface area contributed by atoms with Gasteiger partial charge in [0.05, 0.1) is 49.0 Å². The molecular formula is C45H57Ac2O12PS. The van der Waals surface area contributed by atoms with Crippen LogP contribution in [0.15, 0.2) is 89.3 Å². The molecule has 0 spiro atoms. The fourth-order valence-electron chi connectivity index (χ4n) is 10.3. The average Bonchev–Trinajstić information content (AvgIpc) is 3.76. The van der Waals surface area contributed by atoms with Gasteiger partial charge in [-0.15, -0.1) is 11.3 Å². The molecule has 4 aliphatic rings. The van der Waals surface area contributed by atoms with Crippen molar-refractivity contribution in [2.45, 2.75) is 116 Å². The Labute approximate surface area is 434 Å². The van der Waals surface area contributed by atoms with Crippen molar-refractivity contribution in [3.8, 4) is 0 Å². The van der Waals surface area contributed by atoms with E-state index >= 15 is 4.79 Å². The molecule has 1 aliphatic heterocycles. The first kappa shape index (κ1) is 51.8. The molecule has 1 saturated heterocycles. The van der Waals surface area contributed by atoms with Gasteiger partial charge in [0, 0.05) is 123 Å². The standard InChI is InChI=1S/C45H57O12PS.2Ac/c1-27(34-19-14-20-59-34)28(2)41(48)57-33-22-45(50)30(4)39-43(7,40(47)38(46)37(29(33)3)42(45,5)6)35(21-36-44(39,49)25-52-36)53-26-56-58(51,54-23-31-15-10-8-11-16-31)55-24-32-17-12-9-13-18-32;;/h8-20,27-28,30,33,35-36,38-39,46,49-50H,21-26H2,1-7H3;;/t27-,28-,30+,33?,35?,36?,38?,39?,43-,44?,45?;;/m1../s1. The Balaban J connectivity index is 0.00000352. The Morgan fingerprint density at radius 1 is 0.934 bits per heavy atom. The minimum absolute atomic E-state index is 0. The number of fused-ring (bicyclic) bond motifs is 5. The van der Waals surface area contributed by atoms with E-state index in [1.165, 1.54) is 0 Å². The summed E-state index contributed by atoms with van der Waals surface area (Å²) in [4.78, 5) is 30.0. The summed E-state index contributed by atoms with van der Waals surface area (Å²) in [6.45, 7) is 11.6. The van der Waals surface area contributed by atoms with E-state index in [0.29, 0.717) is 5.57 Å². The quantitative estimate of drug-likeness (QED) is 0.0630. The molecule has 3 aliphatic carbocycles. The topological polar surface area (TPSA) is 167 Å². The van der Waals surface area contributed by atoms with E-state index in [9.17, 15) is 24.7 Å². The molecule has 326 valence electrons. The maximum Gasteiger partial charge on any atom is 0.477 e. The van der Waals surface area contributed by atoms with E-state index in [4.69, 9.17) is 27.8 Å². The summed E-state index contributed by atoms with van der Waals surface area (Å²) < 4.78 is 50.0. The van der Waals surface area contributed by atoms with Crippen LogP contribution in [-0.2, 0) is 55.1 Å². The second-order valence-corrected chi connectivity index (χ2v) is 20.2. The Morgan fingerprint density at radius 2 is 1.52 bits per heavy atom. The summed E-state index contributed by atoms with van der Waals surface area (Å²) in [7, 11) is -4.29. The second kappa shape index (κ2) is 20.4. The molecule has 3 fully saturated rings. The first-order valence-corrected chi connectivity index (χ1v) is 22.7. The van der Waals surface area contributed by atoms with Crippen molar-refractivity contribution in [2.75, 3.05) is 13.4 Å². The number of ether oxygens (including phenoxy) is 3. The van der Waals surface area contributed by atoms with Crippen molar-refractivity contribution in [3.05, 3.63) is 105 Å². The van der Waals surface area contributed by atoms with Crippen molar-refractivity contribution in [2.24, 2.45) is 28.6 Å². The van der Waals surface area contributed by atoms with Crippen molar-refractivity contribution >= 4 is 30.9 Å². The Morgan fingerprint density at radius 3 is 2.05 bits per heavy atom. The Hall–Kier alpha value is -0.187. The van der Waals surface area contributed by atoms with Gasteiger partial charge in [0.1, 0.15) is 17.8 Å². The molecule has 2 radical (unpaired) electrons. The average molecular weight is 1310 g/mol. The van der Waals surface area contributed by atoms with Gasteiger partial charge >= 0.3 is 13.8 Å². The van der Waals surface area contributed by atoms with Crippen molar-refractivity contribution in [1.82, 2.24) is 0 Å². The summed E-state index contributed by atoms with van der Waals surface area (Å²) in [6, 6.07) is 22.2. The monoisotopic (exact) mass is 1310 g/mol. The smallest absolute Gasteiger partial charge is 0.457 e. The molecule has 2 heterocycles. The molecular weight excluding hydrogens is 1250 g/mol. The third kappa shape index (κ3) is 9.67. The van der Waals surface area contributed by atoms with Crippen LogP contribution in [0, 0.1) is 117 Å². The first-order valence-electron chi connectivity index (χ1n) is 20.3. The van der Waals surface area contributed by atoms with Crippen LogP contribution >= 0.6 is 19.2 Å². The van der Waals surface area contributed by atoms with E-state index < -0.39 is 90.6 Å². The van der Waals surface area contributed by atoms with Crippen LogP contribution < -0.4 is 0 Å². The third-order valence-electron chi connectivity index (χ3n) is 14.1. The maximum absolute atomic E-state index is 15.2. The molecule has 2 bridgehead atoms. The Kier molecular flexibility index (Phi) is 17.3. The van der Waals surface area contributed by atoms with Gasteiger partial charge in [-0.2, -0.15) is 0 Å². The molecule has 2 saturated carbocycles. The molecule has 1 aromatic heterocycles. The number of carbonyl (C=O) groups excluding carboxylic acids is 2. The van der Waals surface area contributed by atoms with Crippen LogP contribution in [0.4, 0.5) is 0 Å². The number of ketones is 1. The van der Waals surface area contributed by atoms with Crippen molar-refractivity contribution < 1.29 is 145 Å². The molecule has 7 rings (SSSR count). The summed E-state index contributed by atoms with van der Waals surface area (Å²) in [5, 5.41) is 39.9. The van der Waals surface area contributed by atoms with Crippen LogP contribution in [0.25, 0.3) is 0 Å². The molecule has 0 amide bonds. The summed E-state index contributed by atoms with van der Waals surface area (Å²) in [6.07, 6.45) is -4.53. The fraction of sp³-hybridized carbons (Fsp3) is 0.556. The van der Waals surface area contributed by atoms with Gasteiger partial charge in [0.25, 0.3) is 0 Å². The number of benzene rings is 2. The fourth-order valence-corrected chi connectivity index (χ4v) is 12.2. The number of hydrogen-bond donors (Lipinski definition) is 3. The Bertz CT molecular complexity index is 2020. The number of Topliss-reactive ketones (excluding diaryl/α,β-unsaturated/α-hetero) is 1. The van der Waals surface area contributed by atoms with Crippen LogP contribution in [-0.4, -0.2) is 76.1 Å². The zero-order valence-electron chi connectivity index (χ0n) is 35.9. The van der Waals surface area contributed by atoms with Gasteiger partial charge in [-0.3, -0.25) is 23.2 Å². The van der Waals surface area contributed by atoms with Crippen LogP contribution in [0.3, 0.4) is 0 Å². The number of phosphoric acid groups is 1. The van der Waals surface area contributed by atoms with E-state index in [1.54, 1.807) is 46.0 Å². The number of esters is 1. The SMILES string of the molecule is CC1=C2C(O)C(=O)[C@]3(C)C(OCOP(=O)(OCc4ccccc4)OCc4ccccc4)CC4OCC4(O)C3[C@H](C)C(O)(CC1OC(=O)[C@H](C)[C@@H](C)c1cccs1)C2(C)C.[Ac].[Ac]. The first-order chi connectivity index (χ1) is 27.9. The van der Waals surface area contributed by atoms with Gasteiger partial charge in [-0.05, 0) is 53.5 Å². The molecule has 3 aromatic rings. The van der Waals surface area contributed by atoms with Crippen molar-refractivity contribution in [3.63, 3.8) is 0 Å². The molecule has 3 N–H and O–H groups in total. The van der Waals surface area contributed by atoms with Gasteiger partial charge < -0.3 is 29.5 Å². The zero-order chi connectivity index (χ0) is 42.5. The van der Waals surface area contributed by atoms with E-state index in [1.807, 2.05) is 92.0 Å². The molecule has 61 heavy (non-hydrogen) atoms. The normalized spacial score (nSPS) is 32.7. The summed E-state index contributed by atoms with van der Waals surface area (Å²) in [5.41, 5.74) is -3.87. The number of carbonyl (C=O) groups is 2. The minimum atomic E-state index is -4.29. The van der Waals surface area contributed by atoms with Gasteiger partial charge in [0.2, 0.25) is 0 Å². The number of phosphoric ester groups is 1. The van der Waals surface area contributed by atoms with Crippen LogP contribution in [0.1, 0.15) is 83.2 Å². The minimum Gasteiger partial charge on any atom is -0.457 e. The number of aliphatic hydroxyl groups excluding tert-OH is 1. The molecule has 11 atom stereocenters. The summed E-state index contributed by atoms with van der Waals surface area (Å²) in [5.74, 6) is -3.56. The number of aliphatic hydroxyl groups is 3. The van der Waals surface area contributed by atoms with Crippen molar-refractivity contribution in [1.29, 1.82) is 0 Å². The van der Waals surface area contributed by atoms with Gasteiger partial charge in [0.15, 0.2) is 12.6 Å². The number of thiophene rings is 1. The van der Waals surface area contributed by atoms with Crippen LogP contribution in [0.2, 0.25) is 0 Å². The van der Waals surface area contributed by atoms with Gasteiger partial charge in [-0.25, -0.2) is 4.57 Å². The number of hydrogen-bond acceptors (Lipinski definition) is 13. The van der Waals surface area contributed by atoms with Gasteiger partial charge in [-0.1, -0.05) is 101 Å². The molecule has 7 unspecified atom stereocenters. The predicted octanol–water partition coefficient (Wildman–Crippen LogP) is 7.51. The predicted molar refractivity (Wildman–Crippen MR) is 220 cm³/mol. The molecule has 2 aromatic carbocycles. The molecule has 16 heteroatoms. The van der Waals surface area contributed by atoms with Crippen LogP contribution in [0.5, 0.6) is 0 Å². The largest absolute Gasteiger partial charge is 0.477 e. The molecule has 12 nitrogen and oxygen atoms in total. The summed E-state index contributed by atoms with van der Waals surface area (Å²) >= 11 is 1.56. The number of rotatable bonds is 14. The van der Waals surface area contributed by atoms with E-state index in [-0.39, 0.29) is 132 Å². The zero-order valence-corrected chi connectivity index (χ0v) is 47.1. The van der Waals surface area contributed by atoms with E-state index in [2.05, 4.69) is 0 Å². The maximum atomic E-state index is 15.2. The third-order valence-corrected chi connectivity index (χ3v) is 16.5. The van der Waals surface area contributed by atoms with E-state index in [0.717, 1.165) is 16.0 Å².